The van der Waals surface area contributed by atoms with Crippen LogP contribution in [0, 0.1) is 0 Å². The number of carbonyl (C=O) groups is 1. The molecule has 2 unspecified atom stereocenters. The van der Waals surface area contributed by atoms with E-state index < -0.39 is 40.6 Å². The molecule has 2 heterocycles. The van der Waals surface area contributed by atoms with Crippen LogP contribution in [0.4, 0.5) is 0 Å². The Balaban J connectivity index is 1.49. The SMILES string of the molecule is COc1ccc(S(=O)(=O)N(CCO)CCOC2CC(c3coc4ccccc4c3=O)C=C(C(=O)O)O2)cc1. The smallest absolute Gasteiger partial charge is 0.370 e. The average molecular weight is 546 g/mol. The van der Waals surface area contributed by atoms with Crippen molar-refractivity contribution >= 4 is 27.0 Å². The number of rotatable bonds is 11. The largest absolute Gasteiger partial charge is 0.497 e. The van der Waals surface area contributed by atoms with Crippen LogP contribution in [0.3, 0.4) is 0 Å². The summed E-state index contributed by atoms with van der Waals surface area (Å²) in [6, 6.07) is 12.5. The highest BCUT2D eigenvalue weighted by atomic mass is 32.2. The first-order valence-corrected chi connectivity index (χ1v) is 13.2. The van der Waals surface area contributed by atoms with E-state index in [4.69, 9.17) is 18.6 Å². The number of hydrogen-bond donors (Lipinski definition) is 2. The third-order valence-electron chi connectivity index (χ3n) is 6.07. The molecule has 2 aromatic carbocycles. The molecule has 0 amide bonds. The number of hydrogen-bond acceptors (Lipinski definition) is 9. The lowest BCUT2D eigenvalue weighted by molar-refractivity contribution is -0.157. The summed E-state index contributed by atoms with van der Waals surface area (Å²) in [4.78, 5) is 24.8. The molecule has 11 nitrogen and oxygen atoms in total. The second-order valence-electron chi connectivity index (χ2n) is 8.42. The van der Waals surface area contributed by atoms with Gasteiger partial charge in [-0.15, -0.1) is 0 Å². The van der Waals surface area contributed by atoms with Crippen LogP contribution >= 0.6 is 0 Å². The summed E-state index contributed by atoms with van der Waals surface area (Å²) in [6.45, 7) is -0.888. The number of fused-ring (bicyclic) bond motifs is 1. The van der Waals surface area contributed by atoms with Gasteiger partial charge in [-0.3, -0.25) is 4.79 Å². The molecule has 0 bridgehead atoms. The number of carboxylic acids is 1. The highest BCUT2D eigenvalue weighted by Gasteiger charge is 2.31. The second kappa shape index (κ2) is 11.8. The van der Waals surface area contributed by atoms with Crippen LogP contribution in [0.25, 0.3) is 11.0 Å². The van der Waals surface area contributed by atoms with Crippen molar-refractivity contribution in [2.75, 3.05) is 33.4 Å². The number of aliphatic hydroxyl groups is 1. The van der Waals surface area contributed by atoms with Gasteiger partial charge in [-0.1, -0.05) is 12.1 Å². The van der Waals surface area contributed by atoms with Gasteiger partial charge in [0.25, 0.3) is 0 Å². The molecule has 0 aliphatic carbocycles. The first kappa shape index (κ1) is 27.3. The van der Waals surface area contributed by atoms with Crippen LogP contribution in [0.5, 0.6) is 5.75 Å². The summed E-state index contributed by atoms with van der Waals surface area (Å²) in [7, 11) is -2.49. The van der Waals surface area contributed by atoms with Crippen LogP contribution < -0.4 is 10.2 Å². The zero-order chi connectivity index (χ0) is 27.3. The quantitative estimate of drug-likeness (QED) is 0.367. The Morgan fingerprint density at radius 2 is 1.87 bits per heavy atom. The molecular formula is C26H27NO10S. The standard InChI is InChI=1S/C26H27NO10S/c1-34-18-6-8-19(9-7-18)38(32,33)27(10-12-28)11-13-35-24-15-17(14-23(37-24)26(30)31)21-16-36-22-5-3-2-4-20(22)25(21)29/h2-9,14,16-17,24,28H,10-13,15H2,1H3,(H,30,31). The molecule has 1 aliphatic heterocycles. The van der Waals surface area contributed by atoms with Gasteiger partial charge in [-0.05, 0) is 42.5 Å². The number of aliphatic carboxylic acids is 1. The van der Waals surface area contributed by atoms with E-state index in [0.717, 1.165) is 4.31 Å². The van der Waals surface area contributed by atoms with E-state index in [1.54, 1.807) is 24.3 Å². The maximum Gasteiger partial charge on any atom is 0.370 e. The summed E-state index contributed by atoms with van der Waals surface area (Å²) in [6.07, 6.45) is 1.67. The Hall–Kier alpha value is -3.71. The molecule has 2 N–H and O–H groups in total. The number of nitrogens with zero attached hydrogens (tertiary/aromatic N) is 1. The van der Waals surface area contributed by atoms with Crippen LogP contribution in [0.15, 0.2) is 80.7 Å². The van der Waals surface area contributed by atoms with Gasteiger partial charge >= 0.3 is 5.97 Å². The molecular weight excluding hydrogens is 518 g/mol. The summed E-state index contributed by atoms with van der Waals surface area (Å²) in [5.41, 5.74) is 0.368. The van der Waals surface area contributed by atoms with Crippen LogP contribution in [-0.2, 0) is 24.3 Å². The van der Waals surface area contributed by atoms with Crippen LogP contribution in [0.2, 0.25) is 0 Å². The first-order valence-electron chi connectivity index (χ1n) is 11.7. The zero-order valence-corrected chi connectivity index (χ0v) is 21.3. The summed E-state index contributed by atoms with van der Waals surface area (Å²) in [5, 5.41) is 19.3. The fourth-order valence-corrected chi connectivity index (χ4v) is 5.54. The fraction of sp³-hybridized carbons (Fsp3) is 0.308. The van der Waals surface area contributed by atoms with Gasteiger partial charge in [-0.25, -0.2) is 13.2 Å². The van der Waals surface area contributed by atoms with E-state index in [1.165, 1.54) is 43.7 Å². The zero-order valence-electron chi connectivity index (χ0n) is 20.5. The van der Waals surface area contributed by atoms with E-state index in [1.807, 2.05) is 0 Å². The lowest BCUT2D eigenvalue weighted by Gasteiger charge is -2.29. The number of allylic oxidation sites excluding steroid dienone is 1. The van der Waals surface area contributed by atoms with Gasteiger partial charge in [0.15, 0.2) is 5.43 Å². The minimum Gasteiger partial charge on any atom is -0.497 e. The predicted molar refractivity (Wildman–Crippen MR) is 135 cm³/mol. The van der Waals surface area contributed by atoms with E-state index >= 15 is 0 Å². The van der Waals surface area contributed by atoms with Gasteiger partial charge in [-0.2, -0.15) is 4.31 Å². The predicted octanol–water partition coefficient (Wildman–Crippen LogP) is 2.30. The maximum absolute atomic E-state index is 13.1. The number of benzene rings is 2. The molecule has 0 fully saturated rings. The van der Waals surface area contributed by atoms with Gasteiger partial charge in [0.2, 0.25) is 22.1 Å². The van der Waals surface area contributed by atoms with E-state index in [2.05, 4.69) is 0 Å². The lowest BCUT2D eigenvalue weighted by atomic mass is 9.93. The van der Waals surface area contributed by atoms with Gasteiger partial charge in [0, 0.05) is 31.0 Å². The van der Waals surface area contributed by atoms with Crippen molar-refractivity contribution in [2.45, 2.75) is 23.5 Å². The van der Waals surface area contributed by atoms with E-state index in [9.17, 15) is 28.2 Å². The molecule has 2 atom stereocenters. The number of ether oxygens (including phenoxy) is 3. The van der Waals surface area contributed by atoms with Gasteiger partial charge in [0.1, 0.15) is 11.3 Å². The van der Waals surface area contributed by atoms with Gasteiger partial charge < -0.3 is 28.8 Å². The third kappa shape index (κ3) is 5.89. The number of para-hydroxylation sites is 1. The van der Waals surface area contributed by atoms with Crippen molar-refractivity contribution in [1.82, 2.24) is 4.31 Å². The summed E-state index contributed by atoms with van der Waals surface area (Å²) >= 11 is 0. The second-order valence-corrected chi connectivity index (χ2v) is 10.4. The Morgan fingerprint density at radius 1 is 1.13 bits per heavy atom. The molecule has 38 heavy (non-hydrogen) atoms. The Labute approximate surface area is 218 Å². The van der Waals surface area contributed by atoms with E-state index in [-0.39, 0.29) is 42.0 Å². The van der Waals surface area contributed by atoms with Crippen molar-refractivity contribution in [2.24, 2.45) is 0 Å². The number of sulfonamides is 1. The lowest BCUT2D eigenvalue weighted by Crippen LogP contribution is -2.37. The molecule has 4 rings (SSSR count). The topological polar surface area (TPSA) is 153 Å². The Morgan fingerprint density at radius 3 is 2.55 bits per heavy atom. The van der Waals surface area contributed by atoms with Crippen LogP contribution in [0.1, 0.15) is 17.9 Å². The van der Waals surface area contributed by atoms with Crippen molar-refractivity contribution in [3.63, 3.8) is 0 Å². The van der Waals surface area contributed by atoms with Gasteiger partial charge in [0.05, 0.1) is 36.9 Å². The molecule has 202 valence electrons. The minimum absolute atomic E-state index is 0.0138. The summed E-state index contributed by atoms with van der Waals surface area (Å²) in [5.74, 6) is -1.90. The van der Waals surface area contributed by atoms with Crippen molar-refractivity contribution in [3.05, 3.63) is 82.4 Å². The number of methoxy groups -OCH3 is 1. The fourth-order valence-electron chi connectivity index (χ4n) is 4.12. The third-order valence-corrected chi connectivity index (χ3v) is 7.98. The first-order chi connectivity index (χ1) is 18.2. The van der Waals surface area contributed by atoms with Crippen molar-refractivity contribution in [3.8, 4) is 5.75 Å². The number of carboxylic acid groups (broad SMARTS) is 1. The molecule has 0 saturated heterocycles. The van der Waals surface area contributed by atoms with Crippen molar-refractivity contribution < 1.29 is 42.1 Å². The van der Waals surface area contributed by atoms with E-state index in [0.29, 0.717) is 16.7 Å². The monoisotopic (exact) mass is 545 g/mol. The van der Waals surface area contributed by atoms with Crippen molar-refractivity contribution in [1.29, 1.82) is 0 Å². The Bertz CT molecular complexity index is 1480. The molecule has 1 aromatic heterocycles. The minimum atomic E-state index is -3.96. The Kier molecular flexibility index (Phi) is 8.47. The normalized spacial score (nSPS) is 17.7. The van der Waals surface area contributed by atoms with Crippen LogP contribution in [-0.4, -0.2) is 68.6 Å². The molecule has 0 saturated carbocycles. The maximum atomic E-state index is 13.1. The molecule has 0 radical (unpaired) electrons. The highest BCUT2D eigenvalue weighted by Crippen LogP contribution is 2.31. The number of aliphatic hydroxyl groups excluding tert-OH is 1. The molecule has 3 aromatic rings. The molecule has 12 heteroatoms. The summed E-state index contributed by atoms with van der Waals surface area (Å²) < 4.78 is 49.0. The molecule has 0 spiro atoms. The highest BCUT2D eigenvalue weighted by molar-refractivity contribution is 7.89. The average Bonchev–Trinajstić information content (AvgIpc) is 2.92. The molecule has 1 aliphatic rings.